The van der Waals surface area contributed by atoms with Crippen LogP contribution < -0.4 is 0 Å². The fraction of sp³-hybridized carbons (Fsp3) is 0.941. The van der Waals surface area contributed by atoms with Crippen molar-refractivity contribution in [2.75, 3.05) is 19.6 Å². The third-order valence-electron chi connectivity index (χ3n) is 5.90. The van der Waals surface area contributed by atoms with E-state index in [9.17, 15) is 4.79 Å². The lowest BCUT2D eigenvalue weighted by atomic mass is 9.74. The minimum atomic E-state index is 0.306. The summed E-state index contributed by atoms with van der Waals surface area (Å²) < 4.78 is 0. The Labute approximate surface area is 118 Å². The number of hydrogen-bond donors (Lipinski definition) is 0. The maximum absolute atomic E-state index is 12.3. The largest absolute Gasteiger partial charge is 0.302 e. The number of nitrogens with zero attached hydrogens (tertiary/aromatic N) is 1. The van der Waals surface area contributed by atoms with E-state index >= 15 is 0 Å². The predicted molar refractivity (Wildman–Crippen MR) is 80.1 cm³/mol. The molecule has 2 rings (SSSR count). The van der Waals surface area contributed by atoms with Crippen LogP contribution in [0.1, 0.15) is 59.8 Å². The third kappa shape index (κ3) is 3.21. The van der Waals surface area contributed by atoms with Crippen molar-refractivity contribution in [3.63, 3.8) is 0 Å². The Morgan fingerprint density at radius 3 is 2.47 bits per heavy atom. The maximum Gasteiger partial charge on any atom is 0.137 e. The van der Waals surface area contributed by atoms with Gasteiger partial charge in [-0.15, -0.1) is 0 Å². The van der Waals surface area contributed by atoms with Gasteiger partial charge in [0.1, 0.15) is 5.78 Å². The highest BCUT2D eigenvalue weighted by molar-refractivity contribution is 5.82. The standard InChI is InChI=1S/C17H31NO/c1-5-17(6-2)7-8-18(12-17)11-15-14(4)9-13(3)10-16(15)19/h13-15H,5-12H2,1-4H3. The van der Waals surface area contributed by atoms with Crippen molar-refractivity contribution in [3.8, 4) is 0 Å². The molecule has 1 saturated heterocycles. The molecule has 1 aliphatic carbocycles. The molecule has 3 atom stereocenters. The highest BCUT2D eigenvalue weighted by atomic mass is 16.1. The maximum atomic E-state index is 12.3. The van der Waals surface area contributed by atoms with Crippen molar-refractivity contribution in [2.45, 2.75) is 59.8 Å². The van der Waals surface area contributed by atoms with Gasteiger partial charge in [-0.3, -0.25) is 4.79 Å². The summed E-state index contributed by atoms with van der Waals surface area (Å²) in [6, 6.07) is 0. The zero-order valence-corrected chi connectivity index (χ0v) is 13.2. The van der Waals surface area contributed by atoms with Crippen LogP contribution in [0.2, 0.25) is 0 Å². The third-order valence-corrected chi connectivity index (χ3v) is 5.90. The van der Waals surface area contributed by atoms with E-state index in [0.717, 1.165) is 13.0 Å². The number of carbonyl (C=O) groups excluding carboxylic acids is 1. The van der Waals surface area contributed by atoms with Gasteiger partial charge < -0.3 is 4.90 Å². The van der Waals surface area contributed by atoms with Crippen LogP contribution in [-0.4, -0.2) is 30.3 Å². The summed E-state index contributed by atoms with van der Waals surface area (Å²) in [6.45, 7) is 12.6. The first kappa shape index (κ1) is 15.0. The number of Topliss-reactive ketones (excluding diaryl/α,β-unsaturated/α-hetero) is 1. The Kier molecular flexibility index (Phi) is 4.70. The summed E-state index contributed by atoms with van der Waals surface area (Å²) in [6.07, 6.45) is 5.94. The summed E-state index contributed by atoms with van der Waals surface area (Å²) in [5, 5.41) is 0. The highest BCUT2D eigenvalue weighted by Gasteiger charge is 2.39. The van der Waals surface area contributed by atoms with E-state index in [1.54, 1.807) is 0 Å². The summed E-state index contributed by atoms with van der Waals surface area (Å²) in [7, 11) is 0. The number of ketones is 1. The van der Waals surface area contributed by atoms with Gasteiger partial charge in [-0.05, 0) is 49.5 Å². The van der Waals surface area contributed by atoms with Crippen molar-refractivity contribution < 1.29 is 4.79 Å². The molecule has 19 heavy (non-hydrogen) atoms. The van der Waals surface area contributed by atoms with Gasteiger partial charge in [-0.1, -0.05) is 27.7 Å². The van der Waals surface area contributed by atoms with Gasteiger partial charge in [0.2, 0.25) is 0 Å². The smallest absolute Gasteiger partial charge is 0.137 e. The van der Waals surface area contributed by atoms with Gasteiger partial charge in [0.15, 0.2) is 0 Å². The fourth-order valence-electron chi connectivity index (χ4n) is 4.27. The molecule has 1 saturated carbocycles. The van der Waals surface area contributed by atoms with Crippen LogP contribution in [0.15, 0.2) is 0 Å². The molecule has 0 aromatic rings. The molecule has 1 heterocycles. The molecule has 0 radical (unpaired) electrons. The zero-order valence-electron chi connectivity index (χ0n) is 13.2. The molecule has 3 unspecified atom stereocenters. The predicted octanol–water partition coefficient (Wildman–Crippen LogP) is 3.75. The van der Waals surface area contributed by atoms with Gasteiger partial charge in [0.25, 0.3) is 0 Å². The number of likely N-dealkylation sites (tertiary alicyclic amines) is 1. The highest BCUT2D eigenvalue weighted by Crippen LogP contribution is 2.39. The molecule has 0 aromatic carbocycles. The molecule has 0 N–H and O–H groups in total. The van der Waals surface area contributed by atoms with Gasteiger partial charge in [-0.2, -0.15) is 0 Å². The summed E-state index contributed by atoms with van der Waals surface area (Å²) >= 11 is 0. The molecular formula is C17H31NO. The van der Waals surface area contributed by atoms with Crippen LogP contribution in [0.4, 0.5) is 0 Å². The van der Waals surface area contributed by atoms with Gasteiger partial charge >= 0.3 is 0 Å². The van der Waals surface area contributed by atoms with Crippen LogP contribution in [-0.2, 0) is 4.79 Å². The van der Waals surface area contributed by atoms with Crippen molar-refractivity contribution in [3.05, 3.63) is 0 Å². The van der Waals surface area contributed by atoms with Crippen molar-refractivity contribution in [2.24, 2.45) is 23.2 Å². The number of rotatable bonds is 4. The normalized spacial score (nSPS) is 35.8. The lowest BCUT2D eigenvalue weighted by Gasteiger charge is -2.34. The summed E-state index contributed by atoms with van der Waals surface area (Å²) in [5.74, 6) is 2.01. The quantitative estimate of drug-likeness (QED) is 0.771. The Morgan fingerprint density at radius 2 is 1.95 bits per heavy atom. The van der Waals surface area contributed by atoms with Crippen molar-refractivity contribution >= 4 is 5.78 Å². The van der Waals surface area contributed by atoms with Crippen LogP contribution >= 0.6 is 0 Å². The second-order valence-corrected chi connectivity index (χ2v) is 7.29. The average Bonchev–Trinajstić information content (AvgIpc) is 2.78. The van der Waals surface area contributed by atoms with Crippen LogP contribution in [0.3, 0.4) is 0 Å². The number of hydrogen-bond acceptors (Lipinski definition) is 2. The lowest BCUT2D eigenvalue weighted by molar-refractivity contribution is -0.128. The summed E-state index contributed by atoms with van der Waals surface area (Å²) in [4.78, 5) is 14.8. The molecular weight excluding hydrogens is 234 g/mol. The van der Waals surface area contributed by atoms with E-state index in [1.807, 2.05) is 0 Å². The van der Waals surface area contributed by atoms with Crippen LogP contribution in [0.5, 0.6) is 0 Å². The monoisotopic (exact) mass is 265 g/mol. The zero-order chi connectivity index (χ0) is 14.0. The van der Waals surface area contributed by atoms with Gasteiger partial charge in [0, 0.05) is 25.4 Å². The van der Waals surface area contributed by atoms with Crippen LogP contribution in [0.25, 0.3) is 0 Å². The van der Waals surface area contributed by atoms with Gasteiger partial charge in [0.05, 0.1) is 0 Å². The minimum absolute atomic E-state index is 0.306. The molecule has 2 nitrogen and oxygen atoms in total. The SMILES string of the molecule is CCC1(CC)CCN(CC2C(=O)CC(C)CC2C)C1. The lowest BCUT2D eigenvalue weighted by Crippen LogP contribution is -2.40. The molecule has 0 bridgehead atoms. The molecule has 0 aromatic heterocycles. The first-order valence-electron chi connectivity index (χ1n) is 8.24. The number of carbonyl (C=O) groups is 1. The molecule has 2 fully saturated rings. The Morgan fingerprint density at radius 1 is 1.26 bits per heavy atom. The molecule has 0 spiro atoms. The van der Waals surface area contributed by atoms with E-state index in [4.69, 9.17) is 0 Å². The topological polar surface area (TPSA) is 20.3 Å². The summed E-state index contributed by atoms with van der Waals surface area (Å²) in [5.41, 5.74) is 0.536. The molecule has 1 aliphatic heterocycles. The Balaban J connectivity index is 1.93. The molecule has 2 aliphatic rings. The fourth-order valence-corrected chi connectivity index (χ4v) is 4.27. The Hall–Kier alpha value is -0.370. The minimum Gasteiger partial charge on any atom is -0.302 e. The van der Waals surface area contributed by atoms with Gasteiger partial charge in [-0.25, -0.2) is 0 Å². The van der Waals surface area contributed by atoms with Crippen LogP contribution in [0, 0.1) is 23.2 Å². The molecule has 0 amide bonds. The first-order chi connectivity index (χ1) is 8.99. The molecule has 110 valence electrons. The van der Waals surface area contributed by atoms with E-state index < -0.39 is 0 Å². The second-order valence-electron chi connectivity index (χ2n) is 7.29. The second kappa shape index (κ2) is 5.95. The van der Waals surface area contributed by atoms with E-state index in [2.05, 4.69) is 32.6 Å². The average molecular weight is 265 g/mol. The molecule has 2 heteroatoms. The van der Waals surface area contributed by atoms with E-state index in [-0.39, 0.29) is 0 Å². The van der Waals surface area contributed by atoms with Crippen molar-refractivity contribution in [1.29, 1.82) is 0 Å². The van der Waals surface area contributed by atoms with Crippen molar-refractivity contribution in [1.82, 2.24) is 4.90 Å². The van der Waals surface area contributed by atoms with E-state index in [1.165, 1.54) is 38.8 Å². The first-order valence-corrected chi connectivity index (χ1v) is 8.24. The Bertz CT molecular complexity index is 321. The van der Waals surface area contributed by atoms with E-state index in [0.29, 0.717) is 29.0 Å².